The third-order valence-corrected chi connectivity index (χ3v) is 7.35. The molecule has 8 heteroatoms. The molecule has 8 nitrogen and oxygen atoms in total. The van der Waals surface area contributed by atoms with Crippen molar-refractivity contribution in [3.63, 3.8) is 0 Å². The highest BCUT2D eigenvalue weighted by Gasteiger charge is 2.42. The van der Waals surface area contributed by atoms with Crippen LogP contribution >= 0.6 is 0 Å². The Bertz CT molecular complexity index is 1310. The zero-order valence-corrected chi connectivity index (χ0v) is 22.7. The van der Waals surface area contributed by atoms with E-state index < -0.39 is 11.9 Å². The number of Topliss-reactive ketones (excluding diaryl/α,β-unsaturated/α-hetero) is 1. The molecule has 1 aliphatic heterocycles. The second-order valence-corrected chi connectivity index (χ2v) is 9.69. The topological polar surface area (TPSA) is 103 Å². The molecule has 0 saturated heterocycles. The summed E-state index contributed by atoms with van der Waals surface area (Å²) in [6.07, 6.45) is 1.25. The Labute approximate surface area is 223 Å². The summed E-state index contributed by atoms with van der Waals surface area (Å²) in [6, 6.07) is 10.6. The minimum absolute atomic E-state index is 0.0210. The number of ether oxygens (including phenoxy) is 4. The summed E-state index contributed by atoms with van der Waals surface area (Å²) in [7, 11) is 4.63. The van der Waals surface area contributed by atoms with Crippen LogP contribution in [0.1, 0.15) is 63.0 Å². The molecule has 0 unspecified atom stereocenters. The molecule has 2 aromatic carbocycles. The first-order valence-corrected chi connectivity index (χ1v) is 12.8. The van der Waals surface area contributed by atoms with Crippen LogP contribution in [0.4, 0.5) is 0 Å². The molecule has 4 rings (SSSR count). The van der Waals surface area contributed by atoms with E-state index in [1.807, 2.05) is 39.0 Å². The number of aromatic hydroxyl groups is 1. The fraction of sp³-hybridized carbons (Fsp3) is 0.400. The lowest BCUT2D eigenvalue weighted by molar-refractivity contribution is -0.144. The maximum absolute atomic E-state index is 13.8. The number of esters is 1. The second-order valence-electron chi connectivity index (χ2n) is 9.69. The number of dihydropyridines is 1. The number of allylic oxidation sites excluding steroid dienone is 3. The van der Waals surface area contributed by atoms with Crippen molar-refractivity contribution in [2.24, 2.45) is 0 Å². The molecule has 0 bridgehead atoms. The standard InChI is InChI=1S/C30H35NO7/c1-7-16(2)38-30(34)27-17(3)31-21-12-20(18-9-11-24(35-4)26(14-18)37-6)13-23(33)29(21)28(27)19-8-10-22(32)25(15-19)36-5/h8-11,14-16,20,28,31-32H,7,12-13H2,1-6H3/t16-,20-,28-/m1/s1. The van der Waals surface area contributed by atoms with E-state index in [0.717, 1.165) is 11.3 Å². The van der Waals surface area contributed by atoms with Crippen molar-refractivity contribution < 1.29 is 33.6 Å². The van der Waals surface area contributed by atoms with E-state index in [2.05, 4.69) is 5.32 Å². The van der Waals surface area contributed by atoms with Crippen LogP contribution < -0.4 is 19.5 Å². The summed E-state index contributed by atoms with van der Waals surface area (Å²) in [5.74, 6) is 0.211. The van der Waals surface area contributed by atoms with Gasteiger partial charge in [-0.05, 0) is 68.0 Å². The largest absolute Gasteiger partial charge is 0.504 e. The number of phenolic OH excluding ortho intramolecular Hbond substituents is 1. The van der Waals surface area contributed by atoms with E-state index in [4.69, 9.17) is 18.9 Å². The number of nitrogens with one attached hydrogen (secondary N) is 1. The highest BCUT2D eigenvalue weighted by Crippen LogP contribution is 2.47. The van der Waals surface area contributed by atoms with Gasteiger partial charge in [0.1, 0.15) is 0 Å². The van der Waals surface area contributed by atoms with Gasteiger partial charge in [0.25, 0.3) is 0 Å². The molecule has 38 heavy (non-hydrogen) atoms. The Morgan fingerprint density at radius 1 is 1.00 bits per heavy atom. The van der Waals surface area contributed by atoms with Crippen LogP contribution in [0.3, 0.4) is 0 Å². The van der Waals surface area contributed by atoms with Crippen molar-refractivity contribution in [2.45, 2.75) is 58.0 Å². The monoisotopic (exact) mass is 521 g/mol. The van der Waals surface area contributed by atoms with Crippen LogP contribution in [-0.4, -0.2) is 44.3 Å². The molecule has 0 amide bonds. The third kappa shape index (κ3) is 5.08. The third-order valence-electron chi connectivity index (χ3n) is 7.35. The first-order valence-electron chi connectivity index (χ1n) is 12.8. The smallest absolute Gasteiger partial charge is 0.337 e. The summed E-state index contributed by atoms with van der Waals surface area (Å²) in [5, 5.41) is 13.6. The maximum atomic E-state index is 13.8. The number of hydrogen-bond donors (Lipinski definition) is 2. The first kappa shape index (κ1) is 27.1. The molecule has 2 aliphatic rings. The van der Waals surface area contributed by atoms with E-state index in [9.17, 15) is 14.7 Å². The van der Waals surface area contributed by atoms with E-state index in [-0.39, 0.29) is 35.7 Å². The summed E-state index contributed by atoms with van der Waals surface area (Å²) in [6.45, 7) is 5.61. The van der Waals surface area contributed by atoms with Gasteiger partial charge in [-0.1, -0.05) is 19.1 Å². The second kappa shape index (κ2) is 11.2. The summed E-state index contributed by atoms with van der Waals surface area (Å²) < 4.78 is 21.9. The number of carbonyl (C=O) groups excluding carboxylic acids is 2. The predicted octanol–water partition coefficient (Wildman–Crippen LogP) is 5.12. The molecular formula is C30H35NO7. The van der Waals surface area contributed by atoms with Crippen molar-refractivity contribution in [1.82, 2.24) is 5.32 Å². The van der Waals surface area contributed by atoms with Crippen molar-refractivity contribution in [3.8, 4) is 23.0 Å². The molecule has 1 heterocycles. The number of carbonyl (C=O) groups is 2. The molecule has 1 aliphatic carbocycles. The van der Waals surface area contributed by atoms with E-state index in [0.29, 0.717) is 46.7 Å². The Hall–Kier alpha value is -3.94. The number of ketones is 1. The van der Waals surface area contributed by atoms with E-state index >= 15 is 0 Å². The molecule has 202 valence electrons. The van der Waals surface area contributed by atoms with Crippen molar-refractivity contribution >= 4 is 11.8 Å². The summed E-state index contributed by atoms with van der Waals surface area (Å²) in [5.41, 5.74) is 3.97. The Morgan fingerprint density at radius 3 is 2.32 bits per heavy atom. The van der Waals surface area contributed by atoms with Crippen molar-refractivity contribution in [1.29, 1.82) is 0 Å². The van der Waals surface area contributed by atoms with Gasteiger partial charge in [-0.3, -0.25) is 4.79 Å². The lowest BCUT2D eigenvalue weighted by atomic mass is 9.71. The Morgan fingerprint density at radius 2 is 1.66 bits per heavy atom. The Balaban J connectivity index is 1.80. The molecule has 0 spiro atoms. The van der Waals surface area contributed by atoms with Crippen LogP contribution in [-0.2, 0) is 14.3 Å². The molecule has 0 fully saturated rings. The molecule has 2 N–H and O–H groups in total. The van der Waals surface area contributed by atoms with Gasteiger partial charge in [-0.15, -0.1) is 0 Å². The van der Waals surface area contributed by atoms with Crippen LogP contribution in [0.2, 0.25) is 0 Å². The van der Waals surface area contributed by atoms with Crippen LogP contribution in [0.15, 0.2) is 58.9 Å². The zero-order chi connectivity index (χ0) is 27.6. The predicted molar refractivity (Wildman–Crippen MR) is 143 cm³/mol. The average molecular weight is 522 g/mol. The zero-order valence-electron chi connectivity index (χ0n) is 22.7. The van der Waals surface area contributed by atoms with Gasteiger partial charge in [-0.2, -0.15) is 0 Å². The minimum atomic E-state index is -0.656. The number of hydrogen-bond acceptors (Lipinski definition) is 8. The first-order chi connectivity index (χ1) is 18.2. The van der Waals surface area contributed by atoms with Gasteiger partial charge in [-0.25, -0.2) is 4.79 Å². The maximum Gasteiger partial charge on any atom is 0.337 e. The quantitative estimate of drug-likeness (QED) is 0.462. The van der Waals surface area contributed by atoms with Gasteiger partial charge >= 0.3 is 5.97 Å². The van der Waals surface area contributed by atoms with Crippen LogP contribution in [0, 0.1) is 0 Å². The van der Waals surface area contributed by atoms with Crippen LogP contribution in [0.25, 0.3) is 0 Å². The lowest BCUT2D eigenvalue weighted by Gasteiger charge is -2.37. The normalized spacial score (nSPS) is 19.9. The summed E-state index contributed by atoms with van der Waals surface area (Å²) in [4.78, 5) is 27.3. The molecule has 0 radical (unpaired) electrons. The van der Waals surface area contributed by atoms with Crippen molar-refractivity contribution in [3.05, 3.63) is 70.1 Å². The fourth-order valence-electron chi connectivity index (χ4n) is 5.19. The van der Waals surface area contributed by atoms with Gasteiger partial charge in [0.05, 0.1) is 33.0 Å². The molecule has 3 atom stereocenters. The lowest BCUT2D eigenvalue weighted by Crippen LogP contribution is -2.36. The van der Waals surface area contributed by atoms with Gasteiger partial charge in [0, 0.05) is 29.3 Å². The highest BCUT2D eigenvalue weighted by molar-refractivity contribution is 6.04. The molecule has 0 aromatic heterocycles. The minimum Gasteiger partial charge on any atom is -0.504 e. The number of methoxy groups -OCH3 is 3. The number of rotatable bonds is 8. The number of phenols is 1. The van der Waals surface area contributed by atoms with E-state index in [1.54, 1.807) is 26.4 Å². The number of benzene rings is 2. The van der Waals surface area contributed by atoms with E-state index in [1.165, 1.54) is 13.2 Å². The highest BCUT2D eigenvalue weighted by atomic mass is 16.5. The molecular weight excluding hydrogens is 486 g/mol. The molecule has 2 aromatic rings. The molecule has 0 saturated carbocycles. The average Bonchev–Trinajstić information content (AvgIpc) is 2.91. The van der Waals surface area contributed by atoms with Gasteiger partial charge < -0.3 is 29.4 Å². The summed E-state index contributed by atoms with van der Waals surface area (Å²) >= 11 is 0. The van der Waals surface area contributed by atoms with Crippen LogP contribution in [0.5, 0.6) is 23.0 Å². The Kier molecular flexibility index (Phi) is 7.99. The van der Waals surface area contributed by atoms with Gasteiger partial charge in [0.2, 0.25) is 0 Å². The fourth-order valence-corrected chi connectivity index (χ4v) is 5.19. The van der Waals surface area contributed by atoms with Crippen molar-refractivity contribution in [2.75, 3.05) is 21.3 Å². The van der Waals surface area contributed by atoms with Gasteiger partial charge in [0.15, 0.2) is 28.8 Å². The SMILES string of the molecule is CC[C@@H](C)OC(=O)C1=C(C)NC2=C(C(=O)C[C@H](c3ccc(OC)c(OC)c3)C2)[C@@H]1c1ccc(O)c(OC)c1.